The highest BCUT2D eigenvalue weighted by atomic mass is 16.6. The number of carbonyl (C=O) groups excluding carboxylic acids is 5. The summed E-state index contributed by atoms with van der Waals surface area (Å²) in [4.78, 5) is 73.9. The van der Waals surface area contributed by atoms with Gasteiger partial charge in [-0.2, -0.15) is 4.80 Å². The molecule has 17 nitrogen and oxygen atoms in total. The predicted molar refractivity (Wildman–Crippen MR) is 256 cm³/mol. The first-order chi connectivity index (χ1) is 32.8. The molecule has 4 aliphatic rings. The van der Waals surface area contributed by atoms with Gasteiger partial charge in [-0.15, -0.1) is 10.2 Å². The van der Waals surface area contributed by atoms with Crippen molar-refractivity contribution in [1.82, 2.24) is 25.1 Å². The molecule has 1 aromatic rings. The Morgan fingerprint density at radius 1 is 0.884 bits per heavy atom. The van der Waals surface area contributed by atoms with Crippen LogP contribution in [-0.4, -0.2) is 141 Å². The minimum absolute atomic E-state index is 0.0168. The second-order valence-electron chi connectivity index (χ2n) is 20.3. The van der Waals surface area contributed by atoms with Gasteiger partial charge in [-0.05, 0) is 112 Å². The van der Waals surface area contributed by atoms with Crippen LogP contribution in [0.1, 0.15) is 132 Å². The fourth-order valence-corrected chi connectivity index (χ4v) is 10.7. The third-order valence-corrected chi connectivity index (χ3v) is 15.1. The number of methoxy groups -OCH3 is 3. The van der Waals surface area contributed by atoms with E-state index in [9.17, 15) is 34.2 Å². The summed E-state index contributed by atoms with van der Waals surface area (Å²) in [6.45, 7) is 12.8. The summed E-state index contributed by atoms with van der Waals surface area (Å²) in [7, 11) is 4.61. The molecular formula is C52H79N5O12. The van der Waals surface area contributed by atoms with Crippen LogP contribution in [0.15, 0.2) is 53.9 Å². The standard InChI is InChI=1S/C52H79N5O12/c1-31-16-12-11-13-17-32(2)43(65-8)28-39-21-19-37(7)52(64,69-39)49(61)50(62)56-23-15-14-18-41(56)51(63)68-44(34(4)26-38-20-22-40(45(27-38)66-9)57-54-30-53-55-57)29-42(58)33(3)25-36(6)47(60)48(67-10)46(59)35(5)24-31/h11-13,16-17,25,30-31,33-35,37-41,43-45,47-48,60,64H,14-15,18-24,26-29H2,1-10H3/b13-11+,16-12+,32-17+,36-25+/t31-,33-,34-,35+,37-,38+,39+,40+,41+,43+,44+,45-,47-,48+,52-/m1/s1. The van der Waals surface area contributed by atoms with Crippen molar-refractivity contribution < 1.29 is 57.9 Å². The van der Waals surface area contributed by atoms with E-state index in [1.54, 1.807) is 45.9 Å². The second kappa shape index (κ2) is 25.7. The molecule has 3 aliphatic heterocycles. The van der Waals surface area contributed by atoms with Gasteiger partial charge in [0.05, 0.1) is 24.4 Å². The molecule has 3 fully saturated rings. The molecule has 0 aromatic carbocycles. The largest absolute Gasteiger partial charge is 0.460 e. The molecule has 1 amide bonds. The van der Waals surface area contributed by atoms with Crippen LogP contribution in [0.4, 0.5) is 0 Å². The highest BCUT2D eigenvalue weighted by Gasteiger charge is 2.53. The van der Waals surface area contributed by atoms with E-state index < -0.39 is 77.8 Å². The Labute approximate surface area is 408 Å². The Kier molecular flexibility index (Phi) is 20.8. The number of hydrogen-bond donors (Lipinski definition) is 2. The Bertz CT molecular complexity index is 2020. The van der Waals surface area contributed by atoms with Crippen molar-refractivity contribution in [3.63, 3.8) is 0 Å². The van der Waals surface area contributed by atoms with E-state index in [0.717, 1.165) is 18.4 Å². The van der Waals surface area contributed by atoms with Crippen LogP contribution in [0.3, 0.4) is 0 Å². The van der Waals surface area contributed by atoms with Crippen molar-refractivity contribution in [2.75, 3.05) is 27.9 Å². The number of fused-ring (bicyclic) bond motifs is 3. The maximum absolute atomic E-state index is 14.5. The minimum atomic E-state index is -2.43. The third kappa shape index (κ3) is 14.2. The molecule has 0 radical (unpaired) electrons. The van der Waals surface area contributed by atoms with E-state index in [0.29, 0.717) is 56.9 Å². The van der Waals surface area contributed by atoms with Crippen LogP contribution in [0.2, 0.25) is 0 Å². The minimum Gasteiger partial charge on any atom is -0.460 e. The molecule has 2 bridgehead atoms. The van der Waals surface area contributed by atoms with Gasteiger partial charge >= 0.3 is 5.97 Å². The van der Waals surface area contributed by atoms with Crippen molar-refractivity contribution in [1.29, 1.82) is 0 Å². The summed E-state index contributed by atoms with van der Waals surface area (Å²) >= 11 is 0. The van der Waals surface area contributed by atoms with E-state index in [-0.39, 0.29) is 60.9 Å². The number of aliphatic hydroxyl groups is 2. The zero-order valence-electron chi connectivity index (χ0n) is 42.5. The number of ether oxygens (including phenoxy) is 5. The van der Waals surface area contributed by atoms with Gasteiger partial charge in [0.2, 0.25) is 5.79 Å². The molecule has 0 unspecified atom stereocenters. The molecule has 384 valence electrons. The number of amides is 1. The summed E-state index contributed by atoms with van der Waals surface area (Å²) in [5.74, 6) is -7.94. The number of ketones is 3. The Morgan fingerprint density at radius 3 is 2.32 bits per heavy atom. The number of allylic oxidation sites excluding steroid dienone is 6. The van der Waals surface area contributed by atoms with Gasteiger partial charge in [0.1, 0.15) is 30.1 Å². The third-order valence-electron chi connectivity index (χ3n) is 15.1. The zero-order chi connectivity index (χ0) is 50.6. The summed E-state index contributed by atoms with van der Waals surface area (Å²) in [5.41, 5.74) is 1.27. The summed E-state index contributed by atoms with van der Waals surface area (Å²) in [6, 6.07) is -1.24. The molecule has 1 saturated carbocycles. The number of rotatable bonds is 7. The van der Waals surface area contributed by atoms with Crippen molar-refractivity contribution in [3.05, 3.63) is 53.9 Å². The van der Waals surface area contributed by atoms with Crippen molar-refractivity contribution in [3.8, 4) is 0 Å². The van der Waals surface area contributed by atoms with E-state index in [1.807, 2.05) is 58.1 Å². The van der Waals surface area contributed by atoms with Gasteiger partial charge < -0.3 is 38.8 Å². The highest BCUT2D eigenvalue weighted by Crippen LogP contribution is 2.39. The van der Waals surface area contributed by atoms with Crippen LogP contribution >= 0.6 is 0 Å². The number of Topliss-reactive ketones (excluding diaryl/α,β-unsaturated/α-hetero) is 3. The predicted octanol–water partition coefficient (Wildman–Crippen LogP) is 6.05. The van der Waals surface area contributed by atoms with Crippen LogP contribution in [0.5, 0.6) is 0 Å². The van der Waals surface area contributed by atoms with Crippen LogP contribution in [0, 0.1) is 35.5 Å². The molecule has 69 heavy (non-hydrogen) atoms. The molecule has 2 saturated heterocycles. The first-order valence-electron chi connectivity index (χ1n) is 25.0. The van der Waals surface area contributed by atoms with Gasteiger partial charge in [-0.3, -0.25) is 19.2 Å². The van der Waals surface area contributed by atoms with Gasteiger partial charge in [-0.1, -0.05) is 71.1 Å². The number of tetrazole rings is 1. The Hall–Kier alpha value is -4.26. The fraction of sp³-hybridized carbons (Fsp3) is 0.731. The Morgan fingerprint density at radius 2 is 1.64 bits per heavy atom. The lowest BCUT2D eigenvalue weighted by Gasteiger charge is -2.42. The lowest BCUT2D eigenvalue weighted by molar-refractivity contribution is -0.265. The molecule has 2 N–H and O–H groups in total. The van der Waals surface area contributed by atoms with Crippen LogP contribution in [0.25, 0.3) is 0 Å². The smallest absolute Gasteiger partial charge is 0.329 e. The molecule has 5 rings (SSSR count). The molecule has 1 aromatic heterocycles. The van der Waals surface area contributed by atoms with Crippen molar-refractivity contribution in [2.45, 2.75) is 180 Å². The lowest BCUT2D eigenvalue weighted by Crippen LogP contribution is -2.61. The zero-order valence-corrected chi connectivity index (χ0v) is 42.5. The number of nitrogens with zero attached hydrogens (tertiary/aromatic N) is 5. The fourth-order valence-electron chi connectivity index (χ4n) is 10.7. The molecule has 1 aliphatic carbocycles. The number of carbonyl (C=O) groups is 5. The second-order valence-corrected chi connectivity index (χ2v) is 20.3. The molecular weight excluding hydrogens is 887 g/mol. The number of esters is 1. The summed E-state index contributed by atoms with van der Waals surface area (Å²) in [6.07, 6.45) is 13.7. The topological polar surface area (TPSA) is 219 Å². The lowest BCUT2D eigenvalue weighted by atomic mass is 9.77. The number of cyclic esters (lactones) is 1. The van der Waals surface area contributed by atoms with Gasteiger partial charge in [0.15, 0.2) is 12.1 Å². The highest BCUT2D eigenvalue weighted by molar-refractivity contribution is 6.39. The van der Waals surface area contributed by atoms with Crippen molar-refractivity contribution >= 4 is 29.2 Å². The van der Waals surface area contributed by atoms with E-state index in [2.05, 4.69) is 15.4 Å². The molecule has 0 spiro atoms. The first kappa shape index (κ1) is 55.7. The number of aliphatic hydroxyl groups excluding tert-OH is 1. The number of hydrogen-bond acceptors (Lipinski definition) is 15. The van der Waals surface area contributed by atoms with Gasteiger partial charge in [0.25, 0.3) is 11.7 Å². The van der Waals surface area contributed by atoms with E-state index >= 15 is 0 Å². The molecule has 4 heterocycles. The van der Waals surface area contributed by atoms with Gasteiger partial charge in [-0.25, -0.2) is 4.79 Å². The Balaban J connectivity index is 1.46. The molecule has 17 heteroatoms. The number of piperidine rings is 1. The SMILES string of the molecule is CO[C@H]1C[C@@H]2CC[C@@H](C)[C@@](O)(O2)C(=O)C(=O)N2CCCC[C@H]2C(=O)O[C@H]([C@H](C)C[C@@H]2CC[C@H](n3ncnn3)[C@H](OC)C2)CC(=O)[C@H](C)/C=C(\C)[C@@H](O)[C@@H](OC)C(=O)[C@@H](C)C[C@H](C)/C=C/C=C/C=C/1C. The van der Waals surface area contributed by atoms with Crippen molar-refractivity contribution in [2.24, 2.45) is 35.5 Å². The maximum atomic E-state index is 14.5. The monoisotopic (exact) mass is 966 g/mol. The first-order valence-corrected chi connectivity index (χ1v) is 25.0. The molecule has 15 atom stereocenters. The normalized spacial score (nSPS) is 38.8. The van der Waals surface area contributed by atoms with E-state index in [1.165, 1.54) is 18.3 Å². The van der Waals surface area contributed by atoms with E-state index in [4.69, 9.17) is 23.7 Å². The summed E-state index contributed by atoms with van der Waals surface area (Å²) in [5, 5.41) is 35.7. The van der Waals surface area contributed by atoms with Crippen LogP contribution in [-0.2, 0) is 47.7 Å². The average molecular weight is 966 g/mol. The number of aromatic nitrogens is 4. The van der Waals surface area contributed by atoms with Crippen LogP contribution < -0.4 is 0 Å². The van der Waals surface area contributed by atoms with Gasteiger partial charge in [0, 0.05) is 58.5 Å². The average Bonchev–Trinajstić information content (AvgIpc) is 3.88. The summed E-state index contributed by atoms with van der Waals surface area (Å²) < 4.78 is 29.9. The maximum Gasteiger partial charge on any atom is 0.329 e. The quantitative estimate of drug-likeness (QED) is 0.181.